The number of ketones is 1. The number of fused-ring (bicyclic) bond motifs is 5. The molecule has 6 aromatic rings. The highest BCUT2D eigenvalue weighted by molar-refractivity contribution is 6.62. The Hall–Kier alpha value is -13.5. The van der Waals surface area contributed by atoms with Crippen molar-refractivity contribution >= 4 is 75.9 Å². The van der Waals surface area contributed by atoms with Crippen molar-refractivity contribution in [2.24, 2.45) is 33.9 Å². The van der Waals surface area contributed by atoms with Gasteiger partial charge < -0.3 is 62.3 Å². The van der Waals surface area contributed by atoms with E-state index in [-0.39, 0.29) is 103 Å². The normalized spacial score (nSPS) is 16.9. The summed E-state index contributed by atoms with van der Waals surface area (Å²) in [7, 11) is -0.379. The van der Waals surface area contributed by atoms with Crippen LogP contribution in [0.25, 0.3) is 71.5 Å². The van der Waals surface area contributed by atoms with Gasteiger partial charge in [0.2, 0.25) is 11.8 Å². The van der Waals surface area contributed by atoms with Crippen LogP contribution in [0.2, 0.25) is 0 Å². The summed E-state index contributed by atoms with van der Waals surface area (Å²) in [5.41, 5.74) is 35.1. The molecular formula is C86H83BN12O17. The lowest BCUT2D eigenvalue weighted by Crippen LogP contribution is -2.61. The van der Waals surface area contributed by atoms with Gasteiger partial charge in [-0.05, 0) is 189 Å². The van der Waals surface area contributed by atoms with Crippen LogP contribution in [0.1, 0.15) is 102 Å². The van der Waals surface area contributed by atoms with E-state index in [4.69, 9.17) is 63.2 Å². The van der Waals surface area contributed by atoms with Crippen molar-refractivity contribution in [3.05, 3.63) is 273 Å². The molecule has 0 aromatic heterocycles. The van der Waals surface area contributed by atoms with Crippen LogP contribution >= 0.6 is 0 Å². The zero-order chi connectivity index (χ0) is 82.5. The molecule has 8 aliphatic rings. The van der Waals surface area contributed by atoms with Crippen LogP contribution in [0.15, 0.2) is 222 Å². The minimum absolute atomic E-state index is 0.0107. The highest BCUT2D eigenvalue weighted by Gasteiger charge is 2.56. The van der Waals surface area contributed by atoms with Gasteiger partial charge in [0.25, 0.3) is 5.78 Å². The third-order valence-corrected chi connectivity index (χ3v) is 20.3. The Balaban J connectivity index is 0.000000170. The molecule has 6 heterocycles. The number of nitrogens with zero attached hydrogens (tertiary/aromatic N) is 11. The zero-order valence-corrected chi connectivity index (χ0v) is 65.4. The Bertz CT molecular complexity index is 5700. The van der Waals surface area contributed by atoms with Crippen molar-refractivity contribution in [2.75, 3.05) is 13.2 Å². The Morgan fingerprint density at radius 2 is 1.09 bits per heavy atom. The summed E-state index contributed by atoms with van der Waals surface area (Å²) in [6.45, 7) is 21.1. The number of carbonyl (C=O) groups is 5. The molecule has 0 bridgehead atoms. The number of amides is 2. The third kappa shape index (κ3) is 19.6. The molecule has 0 spiro atoms. The molecule has 3 saturated heterocycles. The maximum atomic E-state index is 13.4. The van der Waals surface area contributed by atoms with Crippen LogP contribution < -0.4 is 35.1 Å². The number of rotatable bonds is 27. The van der Waals surface area contributed by atoms with Crippen LogP contribution in [-0.2, 0) is 69.2 Å². The molecule has 0 radical (unpaired) electrons. The second-order valence-electron chi connectivity index (χ2n) is 29.7. The van der Waals surface area contributed by atoms with E-state index in [1.807, 2.05) is 154 Å². The number of β-lactam (4-membered cyclic amide) rings is 2. The van der Waals surface area contributed by atoms with E-state index >= 15 is 0 Å². The number of azide groups is 2. The maximum absolute atomic E-state index is 13.4. The number of ether oxygens (including phenoxy) is 6. The van der Waals surface area contributed by atoms with Gasteiger partial charge in [-0.2, -0.15) is 4.79 Å². The molecule has 0 saturated carbocycles. The van der Waals surface area contributed by atoms with E-state index in [1.165, 1.54) is 24.3 Å². The molecule has 2 aliphatic carbocycles. The summed E-state index contributed by atoms with van der Waals surface area (Å²) in [5, 5.41) is 9.59. The average molecular weight is 1570 g/mol. The summed E-state index contributed by atoms with van der Waals surface area (Å²) in [5.74, 6) is 2.73. The smallest absolute Gasteiger partial charge is 0.486 e. The highest BCUT2D eigenvalue weighted by atomic mass is 16.7. The molecule has 2 amide bonds. The van der Waals surface area contributed by atoms with E-state index in [9.17, 15) is 33.6 Å². The molecule has 3 fully saturated rings. The Kier molecular flexibility index (Phi) is 25.5. The van der Waals surface area contributed by atoms with Crippen molar-refractivity contribution in [1.29, 1.82) is 0 Å². The molecule has 14 rings (SSSR count). The number of nitrogens with one attached hydrogen (secondary N) is 1. The molecule has 4 atom stereocenters. The number of Topliss-reactive ketones (excluding diaryl/α,β-unsaturated/α-hetero) is 1. The summed E-state index contributed by atoms with van der Waals surface area (Å²) in [6, 6.07) is 44.3. The highest BCUT2D eigenvalue weighted by Crippen LogP contribution is 2.46. The number of hydrogen-bond donors (Lipinski definition) is 1. The van der Waals surface area contributed by atoms with Crippen LogP contribution in [0.3, 0.4) is 0 Å². The number of aromatic nitrogens is 2. The minimum atomic E-state index is -1.06. The summed E-state index contributed by atoms with van der Waals surface area (Å²) >= 11 is 0. The summed E-state index contributed by atoms with van der Waals surface area (Å²) < 4.78 is 58.4. The Morgan fingerprint density at radius 1 is 0.595 bits per heavy atom. The van der Waals surface area contributed by atoms with E-state index in [2.05, 4.69) is 40.1 Å². The van der Waals surface area contributed by atoms with Crippen LogP contribution in [0.5, 0.6) is 23.0 Å². The van der Waals surface area contributed by atoms with Gasteiger partial charge in [-0.15, -0.1) is 0 Å². The van der Waals surface area contributed by atoms with Crippen molar-refractivity contribution in [3.8, 4) is 45.9 Å². The predicted molar refractivity (Wildman–Crippen MR) is 429 cm³/mol. The second kappa shape index (κ2) is 36.1. The summed E-state index contributed by atoms with van der Waals surface area (Å²) in [4.78, 5) is 105. The lowest BCUT2D eigenvalue weighted by molar-refractivity contribution is -0.159. The van der Waals surface area contributed by atoms with Crippen molar-refractivity contribution in [3.63, 3.8) is 0 Å². The van der Waals surface area contributed by atoms with E-state index in [0.717, 1.165) is 39.1 Å². The fourth-order valence-electron chi connectivity index (χ4n) is 13.6. The van der Waals surface area contributed by atoms with Crippen molar-refractivity contribution in [2.45, 2.75) is 132 Å². The molecule has 6 aromatic carbocycles. The molecule has 1 N–H and O–H groups in total. The number of benzene rings is 8. The zero-order valence-electron chi connectivity index (χ0n) is 65.4. The number of esters is 2. The number of hydrogen-bond acceptors (Lipinski definition) is 21. The lowest BCUT2D eigenvalue weighted by atomic mass is 9.78. The Labute approximate surface area is 666 Å². The molecule has 30 heteroatoms. The largest absolute Gasteiger partial charge is 0.489 e. The molecule has 592 valence electrons. The van der Waals surface area contributed by atoms with Crippen LogP contribution in [0, 0.1) is 37.5 Å². The van der Waals surface area contributed by atoms with Gasteiger partial charge in [0.05, 0.1) is 29.1 Å². The van der Waals surface area contributed by atoms with Gasteiger partial charge in [-0.1, -0.05) is 117 Å². The second-order valence-corrected chi connectivity index (χ2v) is 29.7. The molecular weight excluding hydrogens is 1480 g/mol. The first kappa shape index (κ1) is 82.0. The standard InChI is InChI=1S/C40H35N5O7.C29H30BNO6.C17H18N6O4/c1-23(2)37-33-18-27(38(45(33)39(37)47)40(48)51-21-25-6-9-28(10-7-25)43-44-41)5-4-16-49-34-15-8-26(17-24(34)3)22-50-30-12-14-32-36(20-30)52-35-19-29(46)11-13-31(35)42-32;1-19-15-20(7-12-25(19)33-14-6-13-30-36-28(2,3)29(4,5)37-30)18-34-22-9-11-24-27(17-22)35-26-16-21(32)8-10-23(26)31-24;1-9(2)14-12(20-16(14)25)7-13(24)15(21-18)17(26)27-8-10-3-5-11(6-4-10)22-23-19/h4-15,17,19-20,23,33,37H,16,18,21-22H2,1-3H3;6-13,15-17H,14,18H2,1-5H3;3-6,9,12,14H,7-8H2,1-2H3,(H,20,25)/b5-4+;13-6+;/t33-,37-;;12-,14-/m1.1/s1. The number of aryl methyl sites for hydroxylation is 2. The number of allylic oxidation sites excluding steroid dienone is 1. The first-order valence-electron chi connectivity index (χ1n) is 37.5. The molecule has 0 unspecified atom stereocenters. The first-order valence-corrected chi connectivity index (χ1v) is 37.5. The quantitative estimate of drug-likeness (QED) is 0.00575. The lowest BCUT2D eigenvalue weighted by Gasteiger charge is -2.45. The first-order chi connectivity index (χ1) is 55.6. The van der Waals surface area contributed by atoms with E-state index in [0.29, 0.717) is 106 Å². The molecule has 6 aliphatic heterocycles. The van der Waals surface area contributed by atoms with Gasteiger partial charge in [0.1, 0.15) is 90.8 Å². The van der Waals surface area contributed by atoms with Gasteiger partial charge >= 0.3 is 24.8 Å². The SMILES string of the molecule is CC(C)[C@H]1C(=O)N[C@@H]1CC(=O)C(=[N+]=[N-])C(=O)OCc1ccc(N=[N+]=[N-])cc1.Cc1cc(COc2ccc3nc4ccc(=O)cc-4oc3c2)ccc1OC/C=C/B1OC(C)(C)C(C)(C)O1.Cc1cc(COc2ccc3nc4ccc(=O)cc-4oc3c2)ccc1OC/C=C/C1=C(C(=O)OCc2ccc(N=[N+]=[N-])cc2)N2C(=O)[C@H](C(C)C)[C@H]2C1. The third-order valence-electron chi connectivity index (χ3n) is 20.3. The van der Waals surface area contributed by atoms with Crippen LogP contribution in [0.4, 0.5) is 11.4 Å². The van der Waals surface area contributed by atoms with Gasteiger partial charge in [-0.3, -0.25) is 24.0 Å². The number of carbonyl (C=O) groups excluding carboxylic acids is 5. The summed E-state index contributed by atoms with van der Waals surface area (Å²) in [6.07, 6.45) is 6.02. The molecule has 116 heavy (non-hydrogen) atoms. The fourth-order valence-corrected chi connectivity index (χ4v) is 13.6. The van der Waals surface area contributed by atoms with E-state index < -0.39 is 29.5 Å². The van der Waals surface area contributed by atoms with Crippen molar-refractivity contribution < 1.29 is 75.3 Å². The van der Waals surface area contributed by atoms with Gasteiger partial charge in [0.15, 0.2) is 33.5 Å². The fraction of sp³-hybridized carbons (Fsp3) is 0.302. The average Bonchev–Trinajstić information content (AvgIpc) is 1.57. The monoisotopic (exact) mass is 1570 g/mol. The topological polar surface area (TPSA) is 395 Å². The van der Waals surface area contributed by atoms with Gasteiger partial charge in [-0.25, -0.2) is 19.6 Å². The van der Waals surface area contributed by atoms with Crippen LogP contribution in [-0.4, -0.2) is 98.5 Å². The minimum Gasteiger partial charge on any atom is -0.489 e. The predicted octanol–water partition coefficient (Wildman–Crippen LogP) is 15.8. The van der Waals surface area contributed by atoms with Crippen molar-refractivity contribution in [1.82, 2.24) is 20.2 Å². The molecule has 29 nitrogen and oxygen atoms in total. The van der Waals surface area contributed by atoms with E-state index in [1.54, 1.807) is 77.7 Å². The van der Waals surface area contributed by atoms with Gasteiger partial charge in [0, 0.05) is 57.9 Å². The maximum Gasteiger partial charge on any atom is 0.486 e. The Morgan fingerprint density at radius 3 is 1.56 bits per heavy atom.